The lowest BCUT2D eigenvalue weighted by Gasteiger charge is -2.13. The lowest BCUT2D eigenvalue weighted by atomic mass is 10.3. The van der Waals surface area contributed by atoms with Crippen LogP contribution in [0.3, 0.4) is 0 Å². The van der Waals surface area contributed by atoms with Crippen molar-refractivity contribution < 1.29 is 25.7 Å². The highest BCUT2D eigenvalue weighted by Gasteiger charge is 2.11. The number of amides is 1. The van der Waals surface area contributed by atoms with Gasteiger partial charge in [0.25, 0.3) is 0 Å². The van der Waals surface area contributed by atoms with E-state index in [-0.39, 0.29) is 30.8 Å². The van der Waals surface area contributed by atoms with Gasteiger partial charge >= 0.3 is 11.9 Å². The third-order valence-electron chi connectivity index (χ3n) is 3.29. The van der Waals surface area contributed by atoms with Crippen LogP contribution in [0.2, 0.25) is 0 Å². The maximum absolute atomic E-state index is 11.7. The minimum Gasteiger partial charge on any atom is -0.592 e. The van der Waals surface area contributed by atoms with Crippen molar-refractivity contribution in [2.24, 2.45) is 0 Å². The van der Waals surface area contributed by atoms with Gasteiger partial charge in [-0.05, 0) is 6.42 Å². The first-order valence-electron chi connectivity index (χ1n) is 7.24. The summed E-state index contributed by atoms with van der Waals surface area (Å²) in [5.41, 5.74) is 0. The van der Waals surface area contributed by atoms with Crippen molar-refractivity contribution in [3.8, 4) is 0 Å². The molecule has 0 saturated carbocycles. The van der Waals surface area contributed by atoms with E-state index in [1.165, 1.54) is 27.7 Å². The molecule has 2 aromatic heterocycles. The van der Waals surface area contributed by atoms with Crippen LogP contribution in [0.15, 0.2) is 24.8 Å². The summed E-state index contributed by atoms with van der Waals surface area (Å²) in [6.45, 7) is 0.957. The summed E-state index contributed by atoms with van der Waals surface area (Å²) < 4.78 is 2.91. The number of quaternary nitrogens is 2. The van der Waals surface area contributed by atoms with E-state index in [0.717, 1.165) is 0 Å². The number of aryl methyl sites for hydroxylation is 1. The van der Waals surface area contributed by atoms with E-state index in [1.54, 1.807) is 6.20 Å². The smallest absolute Gasteiger partial charge is 0.341 e. The Labute approximate surface area is 136 Å². The molecule has 2 heterocycles. The van der Waals surface area contributed by atoms with Crippen molar-refractivity contribution in [2.75, 3.05) is 6.54 Å². The van der Waals surface area contributed by atoms with Crippen LogP contribution in [0.1, 0.15) is 12.8 Å². The van der Waals surface area contributed by atoms with Crippen molar-refractivity contribution in [1.82, 2.24) is 24.4 Å². The van der Waals surface area contributed by atoms with Crippen LogP contribution in [-0.4, -0.2) is 42.0 Å². The molecular formula is C12H19N7O5. The Morgan fingerprint density at radius 3 is 2.17 bits per heavy atom. The maximum atomic E-state index is 11.7. The standard InChI is InChI=1S/C12H19N7O5/c20-10(2-1-6-16-8-4-14-11(16)18(21)22)13-3-7-17-9-5-15-12(17)19(23)24/h4-5,8-9,18-19,21,23H,1-3,6-7H2,(H,13,20). The molecule has 24 heavy (non-hydrogen) atoms. The van der Waals surface area contributed by atoms with E-state index < -0.39 is 10.5 Å². The predicted molar refractivity (Wildman–Crippen MR) is 78.3 cm³/mol. The average molecular weight is 341 g/mol. The fourth-order valence-electron chi connectivity index (χ4n) is 2.19. The molecular weight excluding hydrogens is 322 g/mol. The molecule has 0 fully saturated rings. The van der Waals surface area contributed by atoms with Crippen LogP contribution in [0, 0.1) is 10.4 Å². The van der Waals surface area contributed by atoms with Gasteiger partial charge in [-0.3, -0.25) is 13.9 Å². The molecule has 132 valence electrons. The Hall–Kier alpha value is -2.35. The molecule has 1 amide bonds. The highest BCUT2D eigenvalue weighted by Crippen LogP contribution is 2.02. The van der Waals surface area contributed by atoms with Crippen LogP contribution < -0.4 is 15.8 Å². The molecule has 2 atom stereocenters. The number of carbonyl (C=O) groups excluding carboxylic acids is 1. The molecule has 12 heteroatoms. The minimum absolute atomic E-state index is 0.0586. The number of nitrogens with zero attached hydrogens (tertiary/aromatic N) is 4. The zero-order valence-corrected chi connectivity index (χ0v) is 12.8. The third-order valence-corrected chi connectivity index (χ3v) is 3.29. The lowest BCUT2D eigenvalue weighted by Crippen LogP contribution is -3.00. The van der Waals surface area contributed by atoms with Gasteiger partial charge in [0.05, 0.1) is 12.4 Å². The number of imidazole rings is 2. The van der Waals surface area contributed by atoms with Crippen LogP contribution in [0.25, 0.3) is 0 Å². The van der Waals surface area contributed by atoms with Crippen LogP contribution in [0.5, 0.6) is 0 Å². The lowest BCUT2D eigenvalue weighted by molar-refractivity contribution is -0.995. The van der Waals surface area contributed by atoms with Crippen LogP contribution >= 0.6 is 0 Å². The summed E-state index contributed by atoms with van der Waals surface area (Å²) in [6.07, 6.45) is 6.56. The molecule has 0 saturated heterocycles. The Balaban J connectivity index is 1.68. The molecule has 2 rings (SSSR count). The quantitative estimate of drug-likeness (QED) is 0.315. The zero-order chi connectivity index (χ0) is 17.5. The second-order valence-electron chi connectivity index (χ2n) is 4.95. The van der Waals surface area contributed by atoms with Crippen molar-refractivity contribution >= 4 is 17.8 Å². The van der Waals surface area contributed by atoms with E-state index in [0.29, 0.717) is 19.5 Å². The van der Waals surface area contributed by atoms with Crippen molar-refractivity contribution in [2.45, 2.75) is 25.9 Å². The first-order chi connectivity index (χ1) is 11.5. The summed E-state index contributed by atoms with van der Waals surface area (Å²) in [4.78, 5) is 19.2. The van der Waals surface area contributed by atoms with Crippen molar-refractivity contribution in [3.63, 3.8) is 0 Å². The van der Waals surface area contributed by atoms with Crippen LogP contribution in [-0.2, 0) is 17.9 Å². The van der Waals surface area contributed by atoms with Gasteiger partial charge in [-0.2, -0.15) is 20.4 Å². The van der Waals surface area contributed by atoms with E-state index in [4.69, 9.17) is 10.4 Å². The summed E-state index contributed by atoms with van der Waals surface area (Å²) in [5, 5.41) is 40.1. The normalized spacial score (nSPS) is 13.7. The molecule has 2 unspecified atom stereocenters. The van der Waals surface area contributed by atoms with Gasteiger partial charge in [0, 0.05) is 38.4 Å². The molecule has 5 N–H and O–H groups in total. The molecule has 0 aliphatic heterocycles. The highest BCUT2D eigenvalue weighted by atomic mass is 16.8. The summed E-state index contributed by atoms with van der Waals surface area (Å²) in [7, 11) is 0. The zero-order valence-electron chi connectivity index (χ0n) is 12.8. The molecule has 0 bridgehead atoms. The highest BCUT2D eigenvalue weighted by molar-refractivity contribution is 5.75. The molecule has 12 nitrogen and oxygen atoms in total. The van der Waals surface area contributed by atoms with Gasteiger partial charge in [0.1, 0.15) is 0 Å². The number of carbonyl (C=O) groups is 1. The van der Waals surface area contributed by atoms with Gasteiger partial charge in [0.15, 0.2) is 0 Å². The fraction of sp³-hybridized carbons (Fsp3) is 0.417. The van der Waals surface area contributed by atoms with Gasteiger partial charge in [-0.25, -0.2) is 10.4 Å². The minimum atomic E-state index is -1.12. The SMILES string of the molecule is O=C(CCCn1ccnc1[NH+]([O-])O)NCCn1ccnc1[NH+]([O-])O. The first-order valence-corrected chi connectivity index (χ1v) is 7.24. The number of hydrogen-bond acceptors (Lipinski definition) is 7. The van der Waals surface area contributed by atoms with Gasteiger partial charge in [0.2, 0.25) is 5.91 Å². The van der Waals surface area contributed by atoms with Crippen LogP contribution in [0.4, 0.5) is 11.9 Å². The number of aromatic nitrogens is 4. The van der Waals surface area contributed by atoms with Gasteiger partial charge < -0.3 is 15.7 Å². The average Bonchev–Trinajstić information content (AvgIpc) is 3.16. The summed E-state index contributed by atoms with van der Waals surface area (Å²) in [6, 6.07) is 0. The Bertz CT molecular complexity index is 600. The number of nitrogens with one attached hydrogen (secondary N) is 3. The van der Waals surface area contributed by atoms with Gasteiger partial charge in [-0.15, -0.1) is 0 Å². The van der Waals surface area contributed by atoms with Crippen molar-refractivity contribution in [1.29, 1.82) is 0 Å². The van der Waals surface area contributed by atoms with E-state index in [9.17, 15) is 15.2 Å². The van der Waals surface area contributed by atoms with E-state index >= 15 is 0 Å². The van der Waals surface area contributed by atoms with E-state index in [1.807, 2.05) is 0 Å². The number of hydrogen-bond donors (Lipinski definition) is 5. The third kappa shape index (κ3) is 4.82. The van der Waals surface area contributed by atoms with Gasteiger partial charge in [-0.1, -0.05) is 0 Å². The van der Waals surface area contributed by atoms with Crippen molar-refractivity contribution in [3.05, 3.63) is 35.2 Å². The molecule has 0 spiro atoms. The second-order valence-corrected chi connectivity index (χ2v) is 4.95. The Morgan fingerprint density at radius 2 is 1.62 bits per heavy atom. The maximum Gasteiger partial charge on any atom is 0.341 e. The molecule has 0 aliphatic rings. The summed E-state index contributed by atoms with van der Waals surface area (Å²) >= 11 is 0. The van der Waals surface area contributed by atoms with E-state index in [2.05, 4.69) is 15.3 Å². The molecule has 2 aromatic rings. The number of rotatable bonds is 9. The Kier molecular flexibility index (Phi) is 6.36. The Morgan fingerprint density at radius 1 is 1.08 bits per heavy atom. The molecule has 0 radical (unpaired) electrons. The second kappa shape index (κ2) is 8.49. The summed E-state index contributed by atoms with van der Waals surface area (Å²) in [5.74, 6) is -0.328. The monoisotopic (exact) mass is 341 g/mol. The largest absolute Gasteiger partial charge is 0.592 e. The first kappa shape index (κ1) is 18.0. The molecule has 0 aliphatic carbocycles. The molecule has 0 aromatic carbocycles. The predicted octanol–water partition coefficient (Wildman–Crippen LogP) is -2.52. The topological polar surface area (TPSA) is 160 Å². The fourth-order valence-corrected chi connectivity index (χ4v) is 2.19.